The molecular weight excluding hydrogens is 264 g/mol. The van der Waals surface area contributed by atoms with Crippen LogP contribution >= 0.6 is 11.6 Å². The molecule has 2 rings (SSSR count). The van der Waals surface area contributed by atoms with Crippen LogP contribution in [0.5, 0.6) is 0 Å². The van der Waals surface area contributed by atoms with Crippen LogP contribution in [-0.4, -0.2) is 28.4 Å². The Balaban J connectivity index is 2.22. The molecule has 0 spiro atoms. The average molecular weight is 275 g/mol. The predicted octanol–water partition coefficient (Wildman–Crippen LogP) is 1.19. The summed E-state index contributed by atoms with van der Waals surface area (Å²) in [5.74, 6) is -0.396. The first kappa shape index (κ1) is 12.3. The molecule has 1 amide bonds. The Labute approximate surface area is 104 Å². The van der Waals surface area contributed by atoms with E-state index in [1.807, 2.05) is 0 Å². The van der Waals surface area contributed by atoms with E-state index in [-0.39, 0.29) is 6.54 Å². The average Bonchev–Trinajstić information content (AvgIpc) is 2.27. The number of hydrogen-bond donors (Lipinski definition) is 0. The lowest BCUT2D eigenvalue weighted by atomic mass is 10.1. The van der Waals surface area contributed by atoms with Crippen molar-refractivity contribution >= 4 is 27.5 Å². The Kier molecular flexibility index (Phi) is 2.67. The topological polar surface area (TPSA) is 67.3 Å². The summed E-state index contributed by atoms with van der Waals surface area (Å²) in [6.07, 6.45) is 1.45. The monoisotopic (exact) mass is 274 g/mol. The smallest absolute Gasteiger partial charge is 0.259 e. The maximum absolute atomic E-state index is 11.8. The van der Waals surface area contributed by atoms with Crippen molar-refractivity contribution in [1.82, 2.24) is 9.29 Å². The fourth-order valence-corrected chi connectivity index (χ4v) is 3.21. The maximum Gasteiger partial charge on any atom is 0.259 e. The molecule has 1 aliphatic rings. The van der Waals surface area contributed by atoms with Gasteiger partial charge in [-0.1, -0.05) is 17.7 Å². The number of sulfonamides is 1. The lowest BCUT2D eigenvalue weighted by Crippen LogP contribution is -2.66. The van der Waals surface area contributed by atoms with Crippen molar-refractivity contribution in [2.75, 3.05) is 0 Å². The molecule has 0 saturated carbocycles. The van der Waals surface area contributed by atoms with Crippen LogP contribution in [0.3, 0.4) is 0 Å². The van der Waals surface area contributed by atoms with Gasteiger partial charge in [0.15, 0.2) is 4.75 Å². The van der Waals surface area contributed by atoms with Gasteiger partial charge in [0.2, 0.25) is 0 Å². The summed E-state index contributed by atoms with van der Waals surface area (Å²) in [6.45, 7) is 2.82. The number of carbonyl (C=O) groups excluding carboxylic acids is 1. The fraction of sp³-hybridized carbons (Fsp3) is 0.400. The summed E-state index contributed by atoms with van der Waals surface area (Å²) in [5.41, 5.74) is 0.627. The normalized spacial score (nSPS) is 21.1. The molecule has 17 heavy (non-hydrogen) atoms. The summed E-state index contributed by atoms with van der Waals surface area (Å²) in [7, 11) is -3.53. The number of nitrogens with zero attached hydrogens (tertiary/aromatic N) is 2. The van der Waals surface area contributed by atoms with Crippen LogP contribution < -0.4 is 0 Å². The van der Waals surface area contributed by atoms with Crippen LogP contribution in [0.4, 0.5) is 0 Å². The van der Waals surface area contributed by atoms with Gasteiger partial charge in [0, 0.05) is 6.20 Å². The molecule has 2 heterocycles. The Morgan fingerprint density at radius 1 is 1.41 bits per heavy atom. The molecule has 92 valence electrons. The number of rotatable bonds is 2. The molecule has 1 aromatic rings. The molecule has 1 saturated heterocycles. The van der Waals surface area contributed by atoms with Gasteiger partial charge in [0.05, 0.1) is 6.54 Å². The number of halogens is 1. The number of amides is 1. The van der Waals surface area contributed by atoms with E-state index in [4.69, 9.17) is 11.6 Å². The number of pyridine rings is 1. The van der Waals surface area contributed by atoms with Crippen LogP contribution in [0, 0.1) is 0 Å². The van der Waals surface area contributed by atoms with E-state index in [0.717, 1.165) is 4.31 Å². The van der Waals surface area contributed by atoms with Gasteiger partial charge in [0.1, 0.15) is 5.15 Å². The predicted molar refractivity (Wildman–Crippen MR) is 62.8 cm³/mol. The Morgan fingerprint density at radius 2 is 2.06 bits per heavy atom. The standard InChI is InChI=1S/C10H11ClN2O3S/c1-10(2)9(14)13(17(10,15)16)6-7-3-4-8(11)12-5-7/h3-5H,6H2,1-2H3. The first-order valence-corrected chi connectivity index (χ1v) is 6.76. The van der Waals surface area contributed by atoms with E-state index < -0.39 is 20.7 Å². The highest BCUT2D eigenvalue weighted by Gasteiger charge is 2.59. The molecule has 0 unspecified atom stereocenters. The Hall–Kier alpha value is -1.14. The molecule has 5 nitrogen and oxygen atoms in total. The Bertz CT molecular complexity index is 566. The lowest BCUT2D eigenvalue weighted by molar-refractivity contribution is -0.132. The van der Waals surface area contributed by atoms with Crippen molar-refractivity contribution in [2.24, 2.45) is 0 Å². The van der Waals surface area contributed by atoms with Crippen molar-refractivity contribution < 1.29 is 13.2 Å². The molecular formula is C10H11ClN2O3S. The molecule has 7 heteroatoms. The molecule has 0 radical (unpaired) electrons. The van der Waals surface area contributed by atoms with Gasteiger partial charge in [0.25, 0.3) is 15.9 Å². The van der Waals surface area contributed by atoms with Crippen LogP contribution in [0.1, 0.15) is 19.4 Å². The highest BCUT2D eigenvalue weighted by atomic mass is 35.5. The fourth-order valence-electron chi connectivity index (χ4n) is 1.58. The molecule has 0 aliphatic carbocycles. The maximum atomic E-state index is 11.8. The SMILES string of the molecule is CC1(C)C(=O)N(Cc2ccc(Cl)nc2)S1(=O)=O. The summed E-state index contributed by atoms with van der Waals surface area (Å²) in [5, 5.41) is 0.326. The van der Waals surface area contributed by atoms with E-state index >= 15 is 0 Å². The molecule has 0 bridgehead atoms. The minimum Gasteiger partial charge on any atom is -0.272 e. The Morgan fingerprint density at radius 3 is 2.53 bits per heavy atom. The second-order valence-corrected chi connectivity index (χ2v) is 7.12. The van der Waals surface area contributed by atoms with Crippen LogP contribution in [-0.2, 0) is 21.4 Å². The summed E-state index contributed by atoms with van der Waals surface area (Å²) in [4.78, 5) is 15.5. The zero-order chi connectivity index (χ0) is 12.8. The zero-order valence-electron chi connectivity index (χ0n) is 9.34. The summed E-state index contributed by atoms with van der Waals surface area (Å²) >= 11 is 5.62. The molecule has 0 aromatic carbocycles. The first-order valence-electron chi connectivity index (χ1n) is 4.94. The van der Waals surface area contributed by atoms with Gasteiger partial charge < -0.3 is 0 Å². The largest absolute Gasteiger partial charge is 0.272 e. The van der Waals surface area contributed by atoms with E-state index in [1.165, 1.54) is 20.0 Å². The minimum atomic E-state index is -3.53. The molecule has 0 N–H and O–H groups in total. The van der Waals surface area contributed by atoms with Gasteiger partial charge in [-0.25, -0.2) is 17.7 Å². The van der Waals surface area contributed by atoms with Gasteiger partial charge in [-0.05, 0) is 25.5 Å². The lowest BCUT2D eigenvalue weighted by Gasteiger charge is -2.42. The second kappa shape index (κ2) is 3.68. The molecule has 1 aromatic heterocycles. The molecule has 0 atom stereocenters. The van der Waals surface area contributed by atoms with E-state index in [2.05, 4.69) is 4.98 Å². The third-order valence-electron chi connectivity index (χ3n) is 2.79. The van der Waals surface area contributed by atoms with Crippen molar-refractivity contribution in [3.8, 4) is 0 Å². The van der Waals surface area contributed by atoms with Crippen molar-refractivity contribution in [1.29, 1.82) is 0 Å². The van der Waals surface area contributed by atoms with Crippen LogP contribution in [0.2, 0.25) is 5.15 Å². The van der Waals surface area contributed by atoms with Crippen molar-refractivity contribution in [3.63, 3.8) is 0 Å². The molecule has 1 fully saturated rings. The van der Waals surface area contributed by atoms with E-state index in [9.17, 15) is 13.2 Å². The summed E-state index contributed by atoms with van der Waals surface area (Å²) < 4.78 is 23.2. The molecule has 1 aliphatic heterocycles. The van der Waals surface area contributed by atoms with Gasteiger partial charge >= 0.3 is 0 Å². The number of hydrogen-bond acceptors (Lipinski definition) is 4. The highest BCUT2D eigenvalue weighted by Crippen LogP contribution is 2.35. The van der Waals surface area contributed by atoms with Gasteiger partial charge in [-0.3, -0.25) is 4.79 Å². The van der Waals surface area contributed by atoms with E-state index in [0.29, 0.717) is 10.7 Å². The van der Waals surface area contributed by atoms with Crippen LogP contribution in [0.15, 0.2) is 18.3 Å². The zero-order valence-corrected chi connectivity index (χ0v) is 10.9. The summed E-state index contributed by atoms with van der Waals surface area (Å²) in [6, 6.07) is 3.20. The number of aromatic nitrogens is 1. The second-order valence-electron chi connectivity index (χ2n) is 4.32. The van der Waals surface area contributed by atoms with Gasteiger partial charge in [-0.15, -0.1) is 0 Å². The van der Waals surface area contributed by atoms with Gasteiger partial charge in [-0.2, -0.15) is 0 Å². The third kappa shape index (κ3) is 1.71. The number of carbonyl (C=O) groups is 1. The van der Waals surface area contributed by atoms with Crippen LogP contribution in [0.25, 0.3) is 0 Å². The van der Waals surface area contributed by atoms with E-state index in [1.54, 1.807) is 12.1 Å². The first-order chi connectivity index (χ1) is 7.76. The quantitative estimate of drug-likeness (QED) is 0.760. The third-order valence-corrected chi connectivity index (χ3v) is 5.35. The minimum absolute atomic E-state index is 0.00870. The van der Waals surface area contributed by atoms with Crippen molar-refractivity contribution in [2.45, 2.75) is 25.1 Å². The highest BCUT2D eigenvalue weighted by molar-refractivity contribution is 7.94. The van der Waals surface area contributed by atoms with Crippen molar-refractivity contribution in [3.05, 3.63) is 29.0 Å².